The average molecular weight is 279 g/mol. The molecule has 2 rings (SSSR count). The average Bonchev–Trinajstić information content (AvgIpc) is 2.80. The SMILES string of the molecule is NS(=O)(=O)N1CCN(C(=O)C2CCCS2)CC1. The quantitative estimate of drug-likeness (QED) is 0.719. The van der Waals surface area contributed by atoms with Crippen LogP contribution in [0.3, 0.4) is 0 Å². The van der Waals surface area contributed by atoms with E-state index in [-0.39, 0.29) is 11.2 Å². The van der Waals surface area contributed by atoms with Crippen LogP contribution in [0, 0.1) is 0 Å². The molecule has 2 saturated heterocycles. The van der Waals surface area contributed by atoms with Crippen molar-refractivity contribution >= 4 is 27.9 Å². The number of nitrogens with two attached hydrogens (primary N) is 1. The number of carbonyl (C=O) groups is 1. The van der Waals surface area contributed by atoms with E-state index >= 15 is 0 Å². The number of rotatable bonds is 2. The molecule has 2 N–H and O–H groups in total. The fraction of sp³-hybridized carbons (Fsp3) is 0.889. The van der Waals surface area contributed by atoms with Crippen LogP contribution in [0.4, 0.5) is 0 Å². The van der Waals surface area contributed by atoms with Gasteiger partial charge in [0.25, 0.3) is 10.2 Å². The highest BCUT2D eigenvalue weighted by Crippen LogP contribution is 2.28. The number of carbonyl (C=O) groups excluding carboxylic acids is 1. The van der Waals surface area contributed by atoms with E-state index in [0.29, 0.717) is 26.2 Å². The highest BCUT2D eigenvalue weighted by atomic mass is 32.2. The fourth-order valence-electron chi connectivity index (χ4n) is 2.14. The normalized spacial score (nSPS) is 27.4. The number of hydrogen-bond donors (Lipinski definition) is 1. The van der Waals surface area contributed by atoms with Gasteiger partial charge in [0, 0.05) is 26.2 Å². The Morgan fingerprint density at radius 3 is 2.35 bits per heavy atom. The second-order valence-electron chi connectivity index (χ2n) is 4.27. The third kappa shape index (κ3) is 3.12. The van der Waals surface area contributed by atoms with Gasteiger partial charge in [0.05, 0.1) is 5.25 Å². The van der Waals surface area contributed by atoms with Crippen LogP contribution >= 0.6 is 11.8 Å². The van der Waals surface area contributed by atoms with E-state index in [2.05, 4.69) is 0 Å². The maximum Gasteiger partial charge on any atom is 0.277 e. The van der Waals surface area contributed by atoms with Gasteiger partial charge in [-0.25, -0.2) is 5.14 Å². The van der Waals surface area contributed by atoms with E-state index in [1.54, 1.807) is 16.7 Å². The Labute approximate surface area is 106 Å². The summed E-state index contributed by atoms with van der Waals surface area (Å²) in [5.41, 5.74) is 0. The third-order valence-corrected chi connectivity index (χ3v) is 5.56. The number of nitrogens with zero attached hydrogens (tertiary/aromatic N) is 2. The lowest BCUT2D eigenvalue weighted by atomic mass is 10.2. The smallest absolute Gasteiger partial charge is 0.277 e. The summed E-state index contributed by atoms with van der Waals surface area (Å²) in [5, 5.41) is 5.12. The standard InChI is InChI=1S/C9H17N3O3S2/c10-17(14,15)12-5-3-11(4-6-12)9(13)8-2-1-7-16-8/h8H,1-7H2,(H2,10,14,15). The van der Waals surface area contributed by atoms with Crippen LogP contribution in [0.1, 0.15) is 12.8 Å². The third-order valence-electron chi connectivity index (χ3n) is 3.12. The Bertz CT molecular complexity index is 384. The molecule has 17 heavy (non-hydrogen) atoms. The number of thioether (sulfide) groups is 1. The minimum atomic E-state index is -3.60. The predicted molar refractivity (Wildman–Crippen MR) is 66.7 cm³/mol. The van der Waals surface area contributed by atoms with Crippen molar-refractivity contribution in [2.45, 2.75) is 18.1 Å². The summed E-state index contributed by atoms with van der Waals surface area (Å²) in [6, 6.07) is 0. The van der Waals surface area contributed by atoms with Crippen molar-refractivity contribution in [1.82, 2.24) is 9.21 Å². The molecule has 2 heterocycles. The highest BCUT2D eigenvalue weighted by molar-refractivity contribution is 8.00. The van der Waals surface area contributed by atoms with Gasteiger partial charge < -0.3 is 4.90 Å². The van der Waals surface area contributed by atoms with E-state index < -0.39 is 10.2 Å². The molecule has 2 fully saturated rings. The molecule has 0 spiro atoms. The second kappa shape index (κ2) is 5.13. The van der Waals surface area contributed by atoms with Gasteiger partial charge >= 0.3 is 0 Å². The van der Waals surface area contributed by atoms with Crippen LogP contribution < -0.4 is 5.14 Å². The summed E-state index contributed by atoms with van der Waals surface area (Å²) in [4.78, 5) is 13.8. The van der Waals surface area contributed by atoms with Gasteiger partial charge in [-0.1, -0.05) is 0 Å². The topological polar surface area (TPSA) is 83.7 Å². The summed E-state index contributed by atoms with van der Waals surface area (Å²) < 4.78 is 23.5. The van der Waals surface area contributed by atoms with E-state index in [9.17, 15) is 13.2 Å². The second-order valence-corrected chi connectivity index (χ2v) is 7.13. The van der Waals surface area contributed by atoms with Gasteiger partial charge in [0.1, 0.15) is 0 Å². The first-order valence-corrected chi connectivity index (χ1v) is 8.22. The zero-order valence-electron chi connectivity index (χ0n) is 9.54. The van der Waals surface area contributed by atoms with E-state index in [1.807, 2.05) is 0 Å². The van der Waals surface area contributed by atoms with Crippen LogP contribution in [0.5, 0.6) is 0 Å². The van der Waals surface area contributed by atoms with Crippen molar-refractivity contribution in [2.24, 2.45) is 5.14 Å². The van der Waals surface area contributed by atoms with Crippen LogP contribution in [0.25, 0.3) is 0 Å². The van der Waals surface area contributed by atoms with Crippen molar-refractivity contribution in [3.05, 3.63) is 0 Å². The predicted octanol–water partition coefficient (Wildman–Crippen LogP) is -0.770. The van der Waals surface area contributed by atoms with E-state index in [4.69, 9.17) is 5.14 Å². The first kappa shape index (κ1) is 13.1. The molecule has 1 atom stereocenters. The number of amides is 1. The molecular weight excluding hydrogens is 262 g/mol. The molecule has 98 valence electrons. The molecule has 1 unspecified atom stereocenters. The summed E-state index contributed by atoms with van der Waals surface area (Å²) in [5.74, 6) is 1.20. The van der Waals surface area contributed by atoms with Crippen LogP contribution in [-0.4, -0.2) is 60.7 Å². The summed E-state index contributed by atoms with van der Waals surface area (Å²) in [6.07, 6.45) is 2.04. The van der Waals surface area contributed by atoms with Gasteiger partial charge in [0.15, 0.2) is 0 Å². The lowest BCUT2D eigenvalue weighted by Gasteiger charge is -2.34. The van der Waals surface area contributed by atoms with Crippen molar-refractivity contribution in [3.8, 4) is 0 Å². The monoisotopic (exact) mass is 279 g/mol. The summed E-state index contributed by atoms with van der Waals surface area (Å²) in [6.45, 7) is 1.52. The number of piperazine rings is 1. The van der Waals surface area contributed by atoms with E-state index in [1.165, 1.54) is 4.31 Å². The van der Waals surface area contributed by atoms with Crippen LogP contribution in [-0.2, 0) is 15.0 Å². The zero-order chi connectivity index (χ0) is 12.5. The van der Waals surface area contributed by atoms with Crippen molar-refractivity contribution in [1.29, 1.82) is 0 Å². The van der Waals surface area contributed by atoms with Crippen molar-refractivity contribution < 1.29 is 13.2 Å². The maximum atomic E-state index is 12.1. The molecule has 0 aromatic heterocycles. The Balaban J connectivity index is 1.88. The van der Waals surface area contributed by atoms with Gasteiger partial charge in [-0.3, -0.25) is 4.79 Å². The lowest BCUT2D eigenvalue weighted by Crippen LogP contribution is -2.53. The van der Waals surface area contributed by atoms with Gasteiger partial charge in [0.2, 0.25) is 5.91 Å². The maximum absolute atomic E-state index is 12.1. The van der Waals surface area contributed by atoms with Gasteiger partial charge in [-0.05, 0) is 18.6 Å². The minimum absolute atomic E-state index is 0.0797. The summed E-state index contributed by atoms with van der Waals surface area (Å²) >= 11 is 1.70. The molecule has 1 amide bonds. The molecule has 2 aliphatic rings. The summed E-state index contributed by atoms with van der Waals surface area (Å²) in [7, 11) is -3.60. The lowest BCUT2D eigenvalue weighted by molar-refractivity contribution is -0.131. The molecular formula is C9H17N3O3S2. The molecule has 0 aromatic carbocycles. The van der Waals surface area contributed by atoms with Crippen molar-refractivity contribution in [3.63, 3.8) is 0 Å². The molecule has 0 radical (unpaired) electrons. The molecule has 0 aliphatic carbocycles. The van der Waals surface area contributed by atoms with Crippen LogP contribution in [0.15, 0.2) is 0 Å². The molecule has 0 bridgehead atoms. The number of hydrogen-bond acceptors (Lipinski definition) is 4. The van der Waals surface area contributed by atoms with E-state index in [0.717, 1.165) is 18.6 Å². The van der Waals surface area contributed by atoms with Crippen LogP contribution in [0.2, 0.25) is 0 Å². The first-order valence-electron chi connectivity index (χ1n) is 5.67. The Hall–Kier alpha value is -0.310. The highest BCUT2D eigenvalue weighted by Gasteiger charge is 2.31. The molecule has 0 aromatic rings. The molecule has 6 nitrogen and oxygen atoms in total. The molecule has 0 saturated carbocycles. The Morgan fingerprint density at radius 2 is 1.88 bits per heavy atom. The first-order chi connectivity index (χ1) is 7.98. The molecule has 8 heteroatoms. The zero-order valence-corrected chi connectivity index (χ0v) is 11.2. The Kier molecular flexibility index (Phi) is 3.96. The van der Waals surface area contributed by atoms with Gasteiger partial charge in [-0.2, -0.15) is 12.7 Å². The Morgan fingerprint density at radius 1 is 1.24 bits per heavy atom. The minimum Gasteiger partial charge on any atom is -0.339 e. The fourth-order valence-corrected chi connectivity index (χ4v) is 4.05. The molecule has 2 aliphatic heterocycles. The largest absolute Gasteiger partial charge is 0.339 e. The van der Waals surface area contributed by atoms with Gasteiger partial charge in [-0.15, -0.1) is 11.8 Å². The van der Waals surface area contributed by atoms with Crippen molar-refractivity contribution in [2.75, 3.05) is 31.9 Å².